The number of nitrogens with zero attached hydrogens (tertiary/aromatic N) is 2. The Labute approximate surface area is 222 Å². The van der Waals surface area contributed by atoms with E-state index >= 15 is 0 Å². The summed E-state index contributed by atoms with van der Waals surface area (Å²) in [7, 11) is -1.69. The van der Waals surface area contributed by atoms with Gasteiger partial charge in [0.2, 0.25) is 0 Å². The molecule has 0 radical (unpaired) electrons. The van der Waals surface area contributed by atoms with Crippen molar-refractivity contribution in [3.8, 4) is 0 Å². The SMILES string of the molecule is O=C(CCCCOC(=O)CCCCC(=O)ON1C(=O)CC(S(=O)(=O)O)C1=O)CCSSc1ccccn1. The van der Waals surface area contributed by atoms with Gasteiger partial charge in [0.25, 0.3) is 21.9 Å². The molecule has 37 heavy (non-hydrogen) atoms. The van der Waals surface area contributed by atoms with E-state index in [1.165, 1.54) is 10.8 Å². The van der Waals surface area contributed by atoms with Gasteiger partial charge in [-0.2, -0.15) is 8.42 Å². The molecule has 15 heteroatoms. The van der Waals surface area contributed by atoms with Gasteiger partial charge in [-0.25, -0.2) is 9.78 Å². The smallest absolute Gasteiger partial charge is 0.333 e. The maximum absolute atomic E-state index is 11.9. The van der Waals surface area contributed by atoms with Crippen LogP contribution in [0, 0.1) is 0 Å². The van der Waals surface area contributed by atoms with Gasteiger partial charge in [0, 0.05) is 37.6 Å². The molecule has 2 heterocycles. The predicted molar refractivity (Wildman–Crippen MR) is 133 cm³/mol. The summed E-state index contributed by atoms with van der Waals surface area (Å²) in [5.41, 5.74) is 0. The lowest BCUT2D eigenvalue weighted by Gasteiger charge is -2.13. The number of carbonyl (C=O) groups excluding carboxylic acids is 5. The van der Waals surface area contributed by atoms with Gasteiger partial charge in [-0.05, 0) is 48.6 Å². The molecular formula is C22H28N2O10S3. The van der Waals surface area contributed by atoms with Crippen LogP contribution in [0.1, 0.15) is 57.8 Å². The highest BCUT2D eigenvalue weighted by atomic mass is 33.1. The van der Waals surface area contributed by atoms with E-state index in [2.05, 4.69) is 9.82 Å². The Balaban J connectivity index is 1.46. The molecule has 0 saturated carbocycles. The zero-order chi connectivity index (χ0) is 27.3. The number of hydrogen-bond acceptors (Lipinski definition) is 12. The van der Waals surface area contributed by atoms with Crippen LogP contribution in [0.25, 0.3) is 0 Å². The number of hydroxylamine groups is 2. The number of hydrogen-bond donors (Lipinski definition) is 1. The van der Waals surface area contributed by atoms with Crippen molar-refractivity contribution in [3.05, 3.63) is 24.4 Å². The van der Waals surface area contributed by atoms with Gasteiger partial charge in [-0.3, -0.25) is 23.7 Å². The van der Waals surface area contributed by atoms with E-state index < -0.39 is 45.5 Å². The van der Waals surface area contributed by atoms with Crippen molar-refractivity contribution in [2.75, 3.05) is 12.4 Å². The van der Waals surface area contributed by atoms with Crippen molar-refractivity contribution < 1.29 is 46.5 Å². The molecule has 0 aliphatic carbocycles. The summed E-state index contributed by atoms with van der Waals surface area (Å²) in [6, 6.07) is 5.65. The molecule has 1 aromatic heterocycles. The van der Waals surface area contributed by atoms with Crippen LogP contribution in [0.5, 0.6) is 0 Å². The normalized spacial score (nSPS) is 15.6. The monoisotopic (exact) mass is 576 g/mol. The fourth-order valence-corrected chi connectivity index (χ4v) is 5.67. The average molecular weight is 577 g/mol. The third kappa shape index (κ3) is 11.6. The van der Waals surface area contributed by atoms with E-state index in [1.54, 1.807) is 17.0 Å². The second kappa shape index (κ2) is 15.7. The first-order chi connectivity index (χ1) is 17.6. The number of aromatic nitrogens is 1. The summed E-state index contributed by atoms with van der Waals surface area (Å²) >= 11 is 0. The molecule has 1 saturated heterocycles. The second-order valence-electron chi connectivity index (χ2n) is 7.94. The number of amides is 2. The topological polar surface area (TPSA) is 174 Å². The van der Waals surface area contributed by atoms with Crippen LogP contribution in [0.2, 0.25) is 0 Å². The number of carbonyl (C=O) groups is 5. The molecule has 1 N–H and O–H groups in total. The molecule has 1 aliphatic heterocycles. The van der Waals surface area contributed by atoms with Gasteiger partial charge >= 0.3 is 11.9 Å². The van der Waals surface area contributed by atoms with Gasteiger partial charge in [-0.1, -0.05) is 16.9 Å². The van der Waals surface area contributed by atoms with Crippen molar-refractivity contribution >= 4 is 61.2 Å². The molecule has 0 spiro atoms. The van der Waals surface area contributed by atoms with Gasteiger partial charge in [0.1, 0.15) is 10.8 Å². The number of ether oxygens (including phenoxy) is 1. The van der Waals surface area contributed by atoms with E-state index in [0.717, 1.165) is 5.03 Å². The number of pyridine rings is 1. The lowest BCUT2D eigenvalue weighted by Crippen LogP contribution is -2.36. The van der Waals surface area contributed by atoms with Gasteiger partial charge in [-0.15, -0.1) is 5.06 Å². The summed E-state index contributed by atoms with van der Waals surface area (Å²) in [5, 5.41) is -1.05. The Kier molecular flexibility index (Phi) is 13.0. The molecule has 2 amide bonds. The van der Waals surface area contributed by atoms with E-state index in [1.807, 2.05) is 18.2 Å². The minimum atomic E-state index is -4.79. The number of unbranched alkanes of at least 4 members (excludes halogenated alkanes) is 2. The van der Waals surface area contributed by atoms with Crippen LogP contribution in [0.15, 0.2) is 29.4 Å². The van der Waals surface area contributed by atoms with Crippen LogP contribution < -0.4 is 0 Å². The highest BCUT2D eigenvalue weighted by molar-refractivity contribution is 8.76. The van der Waals surface area contributed by atoms with E-state index in [-0.39, 0.29) is 43.1 Å². The van der Waals surface area contributed by atoms with Gasteiger partial charge in [0.05, 0.1) is 13.0 Å². The fourth-order valence-electron chi connectivity index (χ4n) is 3.06. The Hall–Kier alpha value is -2.49. The zero-order valence-corrected chi connectivity index (χ0v) is 22.4. The molecule has 1 aromatic rings. The Morgan fingerprint density at radius 2 is 1.73 bits per heavy atom. The van der Waals surface area contributed by atoms with E-state index in [9.17, 15) is 32.4 Å². The highest BCUT2D eigenvalue weighted by Gasteiger charge is 2.48. The first kappa shape index (κ1) is 30.7. The third-order valence-electron chi connectivity index (χ3n) is 4.99. The summed E-state index contributed by atoms with van der Waals surface area (Å²) < 4.78 is 36.2. The maximum atomic E-state index is 11.9. The van der Waals surface area contributed by atoms with Crippen molar-refractivity contribution in [1.82, 2.24) is 10.0 Å². The number of Topliss-reactive ketones (excluding diaryl/α,β-unsaturated/α-hetero) is 1. The highest BCUT2D eigenvalue weighted by Crippen LogP contribution is 2.29. The largest absolute Gasteiger partial charge is 0.466 e. The quantitative estimate of drug-likeness (QED) is 0.0942. The predicted octanol–water partition coefficient (Wildman–Crippen LogP) is 2.53. The van der Waals surface area contributed by atoms with E-state index in [4.69, 9.17) is 9.29 Å². The number of imide groups is 1. The molecule has 0 bridgehead atoms. The lowest BCUT2D eigenvalue weighted by molar-refractivity contribution is -0.197. The maximum Gasteiger partial charge on any atom is 0.333 e. The van der Waals surface area contributed by atoms with Crippen LogP contribution in [0.4, 0.5) is 0 Å². The molecular weight excluding hydrogens is 548 g/mol. The first-order valence-corrected chi connectivity index (χ1v) is 15.3. The first-order valence-electron chi connectivity index (χ1n) is 11.5. The van der Waals surface area contributed by atoms with Crippen molar-refractivity contribution in [1.29, 1.82) is 0 Å². The molecule has 0 aromatic carbocycles. The second-order valence-corrected chi connectivity index (χ2v) is 12.0. The molecule has 1 fully saturated rings. The molecule has 12 nitrogen and oxygen atoms in total. The summed E-state index contributed by atoms with van der Waals surface area (Å²) in [6.45, 7) is 0.187. The van der Waals surface area contributed by atoms with Crippen LogP contribution in [-0.2, 0) is 43.7 Å². The molecule has 1 unspecified atom stereocenters. The Morgan fingerprint density at radius 1 is 1.03 bits per heavy atom. The zero-order valence-electron chi connectivity index (χ0n) is 19.9. The minimum Gasteiger partial charge on any atom is -0.466 e. The summed E-state index contributed by atoms with van der Waals surface area (Å²) in [6.07, 6.45) is 3.28. The number of rotatable bonds is 17. The van der Waals surface area contributed by atoms with Crippen LogP contribution in [-0.4, -0.2) is 70.2 Å². The van der Waals surface area contributed by atoms with E-state index in [0.29, 0.717) is 31.4 Å². The molecule has 1 aliphatic rings. The average Bonchev–Trinajstić information content (AvgIpc) is 3.13. The number of esters is 1. The van der Waals surface area contributed by atoms with Crippen molar-refractivity contribution in [3.63, 3.8) is 0 Å². The molecule has 2 rings (SSSR count). The van der Waals surface area contributed by atoms with Gasteiger partial charge < -0.3 is 9.57 Å². The summed E-state index contributed by atoms with van der Waals surface area (Å²) in [4.78, 5) is 67.8. The summed E-state index contributed by atoms with van der Waals surface area (Å²) in [5.74, 6) is -2.95. The Bertz CT molecular complexity index is 1070. The van der Waals surface area contributed by atoms with Gasteiger partial charge in [0.15, 0.2) is 5.25 Å². The van der Waals surface area contributed by atoms with Crippen LogP contribution >= 0.6 is 21.6 Å². The minimum absolute atomic E-state index is 0.0415. The van der Waals surface area contributed by atoms with Crippen molar-refractivity contribution in [2.24, 2.45) is 0 Å². The fraction of sp³-hybridized carbons (Fsp3) is 0.545. The molecule has 1 atom stereocenters. The lowest BCUT2D eigenvalue weighted by atomic mass is 10.1. The van der Waals surface area contributed by atoms with Crippen molar-refractivity contribution in [2.45, 2.75) is 68.1 Å². The molecule has 204 valence electrons. The Morgan fingerprint density at radius 3 is 2.38 bits per heavy atom. The standard InChI is InChI=1S/C22H28N2O10S3/c25-16(11-14-35-36-18-8-3-5-12-23-18)7-4-6-13-33-20(27)9-1-2-10-21(28)34-24-19(26)15-17(22(24)29)37(30,31)32/h3,5,8,12,17H,1-2,4,6-7,9-11,13-15H2,(H,30,31,32). The van der Waals surface area contributed by atoms with Crippen LogP contribution in [0.3, 0.4) is 0 Å². The number of ketones is 1. The third-order valence-corrected chi connectivity index (χ3v) is 8.34.